The van der Waals surface area contributed by atoms with Crippen molar-refractivity contribution in [2.75, 3.05) is 5.32 Å². The van der Waals surface area contributed by atoms with Crippen LogP contribution in [-0.4, -0.2) is 21.1 Å². The van der Waals surface area contributed by atoms with Gasteiger partial charge in [0.2, 0.25) is 5.91 Å². The average molecular weight is 275 g/mol. The zero-order valence-corrected chi connectivity index (χ0v) is 10.8. The van der Waals surface area contributed by atoms with Gasteiger partial charge >= 0.3 is 0 Å². The molecule has 0 unspecified atom stereocenters. The normalized spacial score (nSPS) is 14.2. The number of carbonyl (C=O) groups excluding carboxylic acids is 1. The number of hydrogen-bond donors (Lipinski definition) is 1. The van der Waals surface area contributed by atoms with Gasteiger partial charge < -0.3 is 5.32 Å². The van der Waals surface area contributed by atoms with Crippen molar-refractivity contribution in [3.8, 4) is 11.3 Å². The first-order chi connectivity index (χ1) is 9.22. The summed E-state index contributed by atoms with van der Waals surface area (Å²) in [6, 6.07) is 5.28. The average Bonchev–Trinajstić information content (AvgIpc) is 3.23. The molecule has 6 heteroatoms. The summed E-state index contributed by atoms with van der Waals surface area (Å²) in [6.45, 7) is 0. The maximum atomic E-state index is 11.7. The van der Waals surface area contributed by atoms with E-state index in [1.54, 1.807) is 24.4 Å². The summed E-state index contributed by atoms with van der Waals surface area (Å²) in [5.41, 5.74) is 1.47. The minimum atomic E-state index is 0.0295. The molecule has 0 bridgehead atoms. The number of nitrogens with one attached hydrogen (secondary N) is 1. The summed E-state index contributed by atoms with van der Waals surface area (Å²) in [5, 5.41) is 11.1. The molecular weight excluding hydrogens is 264 g/mol. The lowest BCUT2D eigenvalue weighted by molar-refractivity contribution is -0.117. The molecule has 0 atom stereocenters. The second-order valence-corrected chi connectivity index (χ2v) is 4.89. The van der Waals surface area contributed by atoms with E-state index in [9.17, 15) is 4.79 Å². The van der Waals surface area contributed by atoms with Crippen LogP contribution >= 0.6 is 11.6 Å². The summed E-state index contributed by atoms with van der Waals surface area (Å²) >= 11 is 5.88. The third-order valence-corrected chi connectivity index (χ3v) is 3.08. The van der Waals surface area contributed by atoms with E-state index >= 15 is 0 Å². The lowest BCUT2D eigenvalue weighted by Gasteiger charge is -2.05. The number of pyridine rings is 1. The SMILES string of the molecule is O=C(Nc1cc(-c2cc(Cl)cnn2)ccn1)C1CC1. The molecule has 1 fully saturated rings. The third-order valence-electron chi connectivity index (χ3n) is 2.88. The molecule has 3 rings (SSSR count). The molecule has 1 N–H and O–H groups in total. The van der Waals surface area contributed by atoms with Gasteiger partial charge in [0, 0.05) is 17.7 Å². The van der Waals surface area contributed by atoms with Gasteiger partial charge in [0.25, 0.3) is 0 Å². The Morgan fingerprint density at radius 2 is 2.21 bits per heavy atom. The molecule has 0 aromatic carbocycles. The van der Waals surface area contributed by atoms with Crippen LogP contribution in [0.1, 0.15) is 12.8 Å². The van der Waals surface area contributed by atoms with Gasteiger partial charge in [-0.1, -0.05) is 11.6 Å². The highest BCUT2D eigenvalue weighted by molar-refractivity contribution is 6.30. The molecule has 0 spiro atoms. The zero-order valence-electron chi connectivity index (χ0n) is 10.0. The summed E-state index contributed by atoms with van der Waals surface area (Å²) in [6.07, 6.45) is 5.03. The largest absolute Gasteiger partial charge is 0.310 e. The van der Waals surface area contributed by atoms with Gasteiger partial charge in [0.1, 0.15) is 5.82 Å². The fraction of sp³-hybridized carbons (Fsp3) is 0.231. The van der Waals surface area contributed by atoms with E-state index < -0.39 is 0 Å². The van der Waals surface area contributed by atoms with Crippen LogP contribution in [0.15, 0.2) is 30.6 Å². The van der Waals surface area contributed by atoms with Crippen molar-refractivity contribution < 1.29 is 4.79 Å². The third kappa shape index (κ3) is 2.88. The monoisotopic (exact) mass is 274 g/mol. The van der Waals surface area contributed by atoms with Gasteiger partial charge in [-0.25, -0.2) is 4.98 Å². The van der Waals surface area contributed by atoms with Crippen LogP contribution in [0.2, 0.25) is 5.02 Å². The van der Waals surface area contributed by atoms with Crippen LogP contribution in [0.4, 0.5) is 5.82 Å². The van der Waals surface area contributed by atoms with Crippen molar-refractivity contribution in [1.82, 2.24) is 15.2 Å². The lowest BCUT2D eigenvalue weighted by atomic mass is 10.2. The molecule has 19 heavy (non-hydrogen) atoms. The standard InChI is InChI=1S/C13H11ClN4O/c14-10-6-11(18-16-7-10)9-3-4-15-12(5-9)17-13(19)8-1-2-8/h3-8H,1-2H2,(H,15,17,19). The molecule has 1 amide bonds. The Morgan fingerprint density at radius 3 is 2.95 bits per heavy atom. The van der Waals surface area contributed by atoms with Gasteiger partial charge in [-0.2, -0.15) is 10.2 Å². The van der Waals surface area contributed by atoms with E-state index in [4.69, 9.17) is 11.6 Å². The van der Waals surface area contributed by atoms with Crippen molar-refractivity contribution in [2.45, 2.75) is 12.8 Å². The van der Waals surface area contributed by atoms with E-state index in [0.717, 1.165) is 18.4 Å². The van der Waals surface area contributed by atoms with Crippen LogP contribution in [-0.2, 0) is 4.79 Å². The van der Waals surface area contributed by atoms with Gasteiger partial charge in [0.15, 0.2) is 0 Å². The van der Waals surface area contributed by atoms with Crippen LogP contribution in [0.3, 0.4) is 0 Å². The summed E-state index contributed by atoms with van der Waals surface area (Å²) in [4.78, 5) is 15.8. The van der Waals surface area contributed by atoms with Crippen LogP contribution in [0, 0.1) is 5.92 Å². The molecular formula is C13H11ClN4O. The van der Waals surface area contributed by atoms with E-state index in [0.29, 0.717) is 16.5 Å². The first kappa shape index (κ1) is 12.0. The van der Waals surface area contributed by atoms with E-state index in [1.807, 2.05) is 0 Å². The Hall–Kier alpha value is -2.01. The molecule has 96 valence electrons. The molecule has 2 heterocycles. The summed E-state index contributed by atoms with van der Waals surface area (Å²) in [7, 11) is 0. The van der Waals surface area contributed by atoms with Gasteiger partial charge in [0.05, 0.1) is 16.9 Å². The zero-order chi connectivity index (χ0) is 13.2. The molecule has 5 nitrogen and oxygen atoms in total. The number of anilines is 1. The van der Waals surface area contributed by atoms with Crippen molar-refractivity contribution in [3.05, 3.63) is 35.6 Å². The van der Waals surface area contributed by atoms with Gasteiger partial charge in [-0.3, -0.25) is 4.79 Å². The van der Waals surface area contributed by atoms with E-state index in [2.05, 4.69) is 20.5 Å². The molecule has 0 radical (unpaired) electrons. The van der Waals surface area contributed by atoms with E-state index in [-0.39, 0.29) is 11.8 Å². The maximum Gasteiger partial charge on any atom is 0.228 e. The minimum absolute atomic E-state index is 0.0295. The van der Waals surface area contributed by atoms with Crippen LogP contribution in [0.5, 0.6) is 0 Å². The number of amides is 1. The Labute approximate surface area is 115 Å². The second kappa shape index (κ2) is 4.93. The van der Waals surface area contributed by atoms with Gasteiger partial charge in [-0.05, 0) is 31.0 Å². The van der Waals surface area contributed by atoms with Crippen molar-refractivity contribution in [1.29, 1.82) is 0 Å². The molecule has 1 aliphatic rings. The smallest absolute Gasteiger partial charge is 0.228 e. The molecule has 0 saturated heterocycles. The molecule has 1 aliphatic carbocycles. The van der Waals surface area contributed by atoms with Crippen molar-refractivity contribution in [3.63, 3.8) is 0 Å². The maximum absolute atomic E-state index is 11.7. The Bertz CT molecular complexity index is 628. The first-order valence-corrected chi connectivity index (χ1v) is 6.36. The number of carbonyl (C=O) groups is 1. The minimum Gasteiger partial charge on any atom is -0.310 e. The predicted molar refractivity (Wildman–Crippen MR) is 71.6 cm³/mol. The van der Waals surface area contributed by atoms with Gasteiger partial charge in [-0.15, -0.1) is 0 Å². The molecule has 0 aliphatic heterocycles. The molecule has 2 aromatic rings. The summed E-state index contributed by atoms with van der Waals surface area (Å²) in [5.74, 6) is 0.703. The highest BCUT2D eigenvalue weighted by atomic mass is 35.5. The van der Waals surface area contributed by atoms with Crippen LogP contribution < -0.4 is 5.32 Å². The number of hydrogen-bond acceptors (Lipinski definition) is 4. The Balaban J connectivity index is 1.84. The second-order valence-electron chi connectivity index (χ2n) is 4.45. The number of nitrogens with zero attached hydrogens (tertiary/aromatic N) is 3. The number of rotatable bonds is 3. The highest BCUT2D eigenvalue weighted by Gasteiger charge is 2.29. The molecule has 2 aromatic heterocycles. The highest BCUT2D eigenvalue weighted by Crippen LogP contribution is 2.30. The van der Waals surface area contributed by atoms with Crippen molar-refractivity contribution in [2.24, 2.45) is 5.92 Å². The Kier molecular flexibility index (Phi) is 3.13. The predicted octanol–water partition coefficient (Wildman–Crippen LogP) is 2.54. The van der Waals surface area contributed by atoms with E-state index in [1.165, 1.54) is 6.20 Å². The van der Waals surface area contributed by atoms with Crippen LogP contribution in [0.25, 0.3) is 11.3 Å². The number of halogens is 1. The fourth-order valence-corrected chi connectivity index (χ4v) is 1.86. The fourth-order valence-electron chi connectivity index (χ4n) is 1.72. The molecule has 1 saturated carbocycles. The van der Waals surface area contributed by atoms with Crippen molar-refractivity contribution >= 4 is 23.3 Å². The Morgan fingerprint density at radius 1 is 1.37 bits per heavy atom. The first-order valence-electron chi connectivity index (χ1n) is 5.98. The number of aromatic nitrogens is 3. The lowest BCUT2D eigenvalue weighted by Crippen LogP contribution is -2.14. The summed E-state index contributed by atoms with van der Waals surface area (Å²) < 4.78 is 0. The topological polar surface area (TPSA) is 67.8 Å². The quantitative estimate of drug-likeness (QED) is 0.934.